The highest BCUT2D eigenvalue weighted by molar-refractivity contribution is 5.96. The molecule has 0 radical (unpaired) electrons. The van der Waals surface area contributed by atoms with Crippen molar-refractivity contribution < 1.29 is 14.3 Å². The number of benzene rings is 2. The molecule has 7 heteroatoms. The van der Waals surface area contributed by atoms with Gasteiger partial charge in [0.2, 0.25) is 0 Å². The van der Waals surface area contributed by atoms with Gasteiger partial charge in [-0.05, 0) is 29.8 Å². The van der Waals surface area contributed by atoms with E-state index in [1.807, 2.05) is 18.2 Å². The molecule has 1 aromatic heterocycles. The molecule has 1 saturated heterocycles. The predicted molar refractivity (Wildman–Crippen MR) is 105 cm³/mol. The van der Waals surface area contributed by atoms with Gasteiger partial charge in [0.1, 0.15) is 5.58 Å². The van der Waals surface area contributed by atoms with Crippen LogP contribution in [0.25, 0.3) is 22.1 Å². The largest absolute Gasteiger partial charge is 0.422 e. The highest BCUT2D eigenvalue weighted by atomic mass is 35.5. The molecule has 0 aliphatic carbocycles. The highest BCUT2D eigenvalue weighted by Gasteiger charge is 2.26. The number of aliphatic hydroxyl groups is 1. The molecule has 6 nitrogen and oxygen atoms in total. The highest BCUT2D eigenvalue weighted by Crippen LogP contribution is 2.22. The van der Waals surface area contributed by atoms with Crippen LogP contribution in [-0.4, -0.2) is 36.2 Å². The minimum atomic E-state index is -0.602. The molecular weight excluding hydrogens is 368 g/mol. The summed E-state index contributed by atoms with van der Waals surface area (Å²) in [4.78, 5) is 24.8. The first-order chi connectivity index (χ1) is 12.6. The molecular formula is C20H19ClN2O4. The third kappa shape index (κ3) is 3.88. The summed E-state index contributed by atoms with van der Waals surface area (Å²) in [5, 5.41) is 16.5. The van der Waals surface area contributed by atoms with Crippen molar-refractivity contribution in [2.45, 2.75) is 12.1 Å². The lowest BCUT2D eigenvalue weighted by Crippen LogP contribution is -2.42. The van der Waals surface area contributed by atoms with E-state index in [-0.39, 0.29) is 24.4 Å². The zero-order valence-electron chi connectivity index (χ0n) is 14.3. The van der Waals surface area contributed by atoms with Crippen LogP contribution in [0.4, 0.5) is 0 Å². The molecule has 1 aliphatic rings. The molecule has 0 saturated carbocycles. The van der Waals surface area contributed by atoms with Crippen molar-refractivity contribution >= 4 is 29.3 Å². The van der Waals surface area contributed by atoms with Crippen molar-refractivity contribution in [3.05, 3.63) is 70.6 Å². The Hall–Kier alpha value is -2.67. The second-order valence-electron chi connectivity index (χ2n) is 6.37. The Bertz CT molecular complexity index is 1030. The fourth-order valence-corrected chi connectivity index (χ4v) is 3.16. The lowest BCUT2D eigenvalue weighted by atomic mass is 10.0. The van der Waals surface area contributed by atoms with Crippen LogP contribution in [0, 0.1) is 0 Å². The monoisotopic (exact) mass is 386 g/mol. The summed E-state index contributed by atoms with van der Waals surface area (Å²) in [6.45, 7) is 0.990. The molecule has 0 unspecified atom stereocenters. The van der Waals surface area contributed by atoms with Gasteiger partial charge in [0.05, 0.1) is 17.7 Å². The van der Waals surface area contributed by atoms with E-state index in [9.17, 15) is 14.7 Å². The van der Waals surface area contributed by atoms with Crippen LogP contribution in [0.1, 0.15) is 10.4 Å². The summed E-state index contributed by atoms with van der Waals surface area (Å²) in [7, 11) is 0. The van der Waals surface area contributed by atoms with Crippen LogP contribution in [-0.2, 0) is 0 Å². The summed E-state index contributed by atoms with van der Waals surface area (Å²) >= 11 is 0. The number of carbonyl (C=O) groups excluding carboxylic acids is 1. The number of para-hydroxylation sites is 1. The molecule has 1 amide bonds. The van der Waals surface area contributed by atoms with Gasteiger partial charge in [-0.15, -0.1) is 12.4 Å². The summed E-state index contributed by atoms with van der Waals surface area (Å²) in [5.74, 6) is -0.287. The second kappa shape index (κ2) is 7.92. The molecule has 27 heavy (non-hydrogen) atoms. The smallest absolute Gasteiger partial charge is 0.344 e. The second-order valence-corrected chi connectivity index (χ2v) is 6.37. The van der Waals surface area contributed by atoms with Gasteiger partial charge >= 0.3 is 5.63 Å². The number of rotatable bonds is 3. The molecule has 2 heterocycles. The van der Waals surface area contributed by atoms with E-state index in [0.717, 1.165) is 5.39 Å². The first kappa shape index (κ1) is 19.1. The molecule has 2 atom stereocenters. The standard InChI is InChI=1S/C20H18N2O4.ClH/c23-17-11-21-10-16(17)22-19(24)14-6-3-5-12(8-14)15-9-13-4-1-2-7-18(13)26-20(15)25;/h1-9,16-17,21,23H,10-11H2,(H,22,24);1H/t16-,17+;/m0./s1. The van der Waals surface area contributed by atoms with Crippen molar-refractivity contribution in [2.24, 2.45) is 0 Å². The van der Waals surface area contributed by atoms with Crippen molar-refractivity contribution in [3.63, 3.8) is 0 Å². The van der Waals surface area contributed by atoms with Crippen LogP contribution in [0.15, 0.2) is 63.8 Å². The third-order valence-corrected chi connectivity index (χ3v) is 4.58. The average Bonchev–Trinajstić information content (AvgIpc) is 3.06. The Morgan fingerprint density at radius 3 is 2.70 bits per heavy atom. The minimum Gasteiger partial charge on any atom is -0.422 e. The average molecular weight is 387 g/mol. The minimum absolute atomic E-state index is 0. The summed E-state index contributed by atoms with van der Waals surface area (Å²) in [6, 6.07) is 15.6. The van der Waals surface area contributed by atoms with Crippen molar-refractivity contribution in [2.75, 3.05) is 13.1 Å². The van der Waals surface area contributed by atoms with Crippen LogP contribution in [0.5, 0.6) is 0 Å². The lowest BCUT2D eigenvalue weighted by molar-refractivity contribution is 0.0888. The summed E-state index contributed by atoms with van der Waals surface area (Å²) in [5.41, 5.74) is 1.52. The molecule has 4 rings (SSSR count). The van der Waals surface area contributed by atoms with Gasteiger partial charge in [-0.2, -0.15) is 0 Å². The molecule has 3 N–H and O–H groups in total. The number of halogens is 1. The van der Waals surface area contributed by atoms with Crippen LogP contribution < -0.4 is 16.3 Å². The Labute approximate surface area is 161 Å². The van der Waals surface area contributed by atoms with E-state index < -0.39 is 11.7 Å². The molecule has 1 fully saturated rings. The number of fused-ring (bicyclic) bond motifs is 1. The maximum Gasteiger partial charge on any atom is 0.344 e. The first-order valence-corrected chi connectivity index (χ1v) is 8.45. The lowest BCUT2D eigenvalue weighted by Gasteiger charge is -2.15. The number of amides is 1. The Kier molecular flexibility index (Phi) is 5.60. The van der Waals surface area contributed by atoms with E-state index in [1.54, 1.807) is 36.4 Å². The Morgan fingerprint density at radius 2 is 1.93 bits per heavy atom. The van der Waals surface area contributed by atoms with Gasteiger partial charge in [-0.1, -0.05) is 30.3 Å². The number of β-amino-alcohol motifs (C(OH)–C–C–N with tert-alkyl or cyclic N) is 1. The maximum atomic E-state index is 12.5. The summed E-state index contributed by atoms with van der Waals surface area (Å²) < 4.78 is 5.37. The maximum absolute atomic E-state index is 12.5. The van der Waals surface area contributed by atoms with Gasteiger partial charge in [0, 0.05) is 24.0 Å². The topological polar surface area (TPSA) is 91.6 Å². The normalized spacial score (nSPS) is 18.9. The van der Waals surface area contributed by atoms with Crippen molar-refractivity contribution in [1.29, 1.82) is 0 Å². The molecule has 1 aliphatic heterocycles. The van der Waals surface area contributed by atoms with E-state index in [0.29, 0.717) is 35.4 Å². The van der Waals surface area contributed by atoms with Gasteiger partial charge in [-0.3, -0.25) is 4.79 Å². The number of carbonyl (C=O) groups is 1. The van der Waals surface area contributed by atoms with E-state index >= 15 is 0 Å². The van der Waals surface area contributed by atoms with Crippen molar-refractivity contribution in [3.8, 4) is 11.1 Å². The third-order valence-electron chi connectivity index (χ3n) is 4.58. The number of nitrogens with one attached hydrogen (secondary N) is 2. The Morgan fingerprint density at radius 1 is 1.11 bits per heavy atom. The van der Waals surface area contributed by atoms with Gasteiger partial charge in [-0.25, -0.2) is 4.79 Å². The SMILES string of the molecule is Cl.O=C(N[C@H]1CNC[C@H]1O)c1cccc(-c2cc3ccccc3oc2=O)c1. The fraction of sp³-hybridized carbons (Fsp3) is 0.200. The zero-order valence-corrected chi connectivity index (χ0v) is 15.2. The number of hydrogen-bond acceptors (Lipinski definition) is 5. The van der Waals surface area contributed by atoms with Gasteiger partial charge in [0.25, 0.3) is 5.91 Å². The number of aliphatic hydroxyl groups excluding tert-OH is 1. The quantitative estimate of drug-likeness (QED) is 0.598. The Balaban J connectivity index is 0.00000210. The first-order valence-electron chi connectivity index (χ1n) is 8.45. The van der Waals surface area contributed by atoms with E-state index in [4.69, 9.17) is 4.42 Å². The molecule has 2 aromatic carbocycles. The molecule has 140 valence electrons. The molecule has 0 bridgehead atoms. The van der Waals surface area contributed by atoms with Crippen LogP contribution in [0.3, 0.4) is 0 Å². The summed E-state index contributed by atoms with van der Waals surface area (Å²) in [6.07, 6.45) is -0.602. The van der Waals surface area contributed by atoms with Crippen LogP contribution >= 0.6 is 12.4 Å². The van der Waals surface area contributed by atoms with Crippen molar-refractivity contribution in [1.82, 2.24) is 10.6 Å². The fourth-order valence-electron chi connectivity index (χ4n) is 3.16. The molecule has 3 aromatic rings. The number of hydrogen-bond donors (Lipinski definition) is 3. The predicted octanol–water partition coefficient (Wildman–Crippen LogP) is 1.94. The molecule has 0 spiro atoms. The van der Waals surface area contributed by atoms with E-state index in [2.05, 4.69) is 10.6 Å². The van der Waals surface area contributed by atoms with Gasteiger partial charge in [0.15, 0.2) is 0 Å². The van der Waals surface area contributed by atoms with E-state index in [1.165, 1.54) is 0 Å². The zero-order chi connectivity index (χ0) is 18.1. The van der Waals surface area contributed by atoms with Gasteiger partial charge < -0.3 is 20.2 Å². The van der Waals surface area contributed by atoms with Crippen LogP contribution in [0.2, 0.25) is 0 Å².